The van der Waals surface area contributed by atoms with Crippen LogP contribution in [0, 0.1) is 19.8 Å². The molecule has 0 radical (unpaired) electrons. The van der Waals surface area contributed by atoms with Gasteiger partial charge in [0.15, 0.2) is 0 Å². The van der Waals surface area contributed by atoms with Crippen LogP contribution in [0.1, 0.15) is 41.8 Å². The Morgan fingerprint density at radius 3 is 2.32 bits per heavy atom. The van der Waals surface area contributed by atoms with Crippen molar-refractivity contribution in [1.82, 2.24) is 4.31 Å². The molecule has 1 fully saturated rings. The van der Waals surface area contributed by atoms with Crippen molar-refractivity contribution in [2.24, 2.45) is 5.92 Å². The molecule has 2 rings (SSSR count). The highest BCUT2D eigenvalue weighted by atomic mass is 32.2. The molecule has 7 nitrogen and oxygen atoms in total. The van der Waals surface area contributed by atoms with E-state index in [2.05, 4.69) is 5.32 Å². The summed E-state index contributed by atoms with van der Waals surface area (Å²) < 4.78 is 25.6. The zero-order valence-corrected chi connectivity index (χ0v) is 15.7. The molecule has 2 N–H and O–H groups in total. The molecule has 8 heteroatoms. The maximum atomic E-state index is 12.8. The monoisotopic (exact) mass is 368 g/mol. The van der Waals surface area contributed by atoms with Gasteiger partial charge >= 0.3 is 5.97 Å². The van der Waals surface area contributed by atoms with Gasteiger partial charge in [-0.2, -0.15) is 4.31 Å². The minimum absolute atomic E-state index is 0.0518. The number of amides is 1. The molecule has 138 valence electrons. The van der Waals surface area contributed by atoms with E-state index in [1.165, 1.54) is 10.4 Å². The summed E-state index contributed by atoms with van der Waals surface area (Å²) in [5.41, 5.74) is 1.82. The van der Waals surface area contributed by atoms with Gasteiger partial charge in [0.1, 0.15) is 6.04 Å². The first-order valence-electron chi connectivity index (χ1n) is 8.19. The second kappa shape index (κ2) is 7.13. The Morgan fingerprint density at radius 1 is 1.20 bits per heavy atom. The molecular formula is C17H24N2O5S. The van der Waals surface area contributed by atoms with Crippen LogP contribution >= 0.6 is 0 Å². The van der Waals surface area contributed by atoms with E-state index >= 15 is 0 Å². The summed E-state index contributed by atoms with van der Waals surface area (Å²) in [5, 5.41) is 12.0. The van der Waals surface area contributed by atoms with Crippen molar-refractivity contribution in [2.45, 2.75) is 40.2 Å². The van der Waals surface area contributed by atoms with Gasteiger partial charge in [-0.3, -0.25) is 4.79 Å². The second-order valence-corrected chi connectivity index (χ2v) is 8.79. The van der Waals surface area contributed by atoms with Crippen LogP contribution in [-0.2, 0) is 14.8 Å². The summed E-state index contributed by atoms with van der Waals surface area (Å²) in [6, 6.07) is 2.29. The third-order valence-electron chi connectivity index (χ3n) is 4.41. The lowest BCUT2D eigenvalue weighted by molar-refractivity contribution is -0.120. The number of nitrogens with one attached hydrogen (secondary N) is 1. The fraction of sp³-hybridized carbons (Fsp3) is 0.529. The SMILES string of the molecule is Cc1cc(C)c(C(=O)O)cc1NC(=O)C(C(C)C)N1CCCS1(=O)=O. The van der Waals surface area contributed by atoms with Crippen molar-refractivity contribution in [2.75, 3.05) is 17.6 Å². The second-order valence-electron chi connectivity index (χ2n) is 6.75. The number of carboxylic acid groups (broad SMARTS) is 1. The first-order valence-corrected chi connectivity index (χ1v) is 9.80. The summed E-state index contributed by atoms with van der Waals surface area (Å²) >= 11 is 0. The zero-order chi connectivity index (χ0) is 18.9. The highest BCUT2D eigenvalue weighted by Gasteiger charge is 2.40. The minimum atomic E-state index is -3.43. The number of nitrogens with zero attached hydrogens (tertiary/aromatic N) is 1. The lowest BCUT2D eigenvalue weighted by Crippen LogP contribution is -2.48. The summed E-state index contributed by atoms with van der Waals surface area (Å²) in [7, 11) is -3.43. The quantitative estimate of drug-likeness (QED) is 0.827. The molecule has 1 aromatic carbocycles. The normalized spacial score (nSPS) is 18.3. The van der Waals surface area contributed by atoms with Crippen LogP contribution in [0.15, 0.2) is 12.1 Å². The molecular weight excluding hydrogens is 344 g/mol. The number of benzene rings is 1. The number of aromatic carboxylic acids is 1. The van der Waals surface area contributed by atoms with Gasteiger partial charge in [0.25, 0.3) is 0 Å². The van der Waals surface area contributed by atoms with Crippen LogP contribution in [0.4, 0.5) is 5.69 Å². The van der Waals surface area contributed by atoms with Crippen molar-refractivity contribution in [3.63, 3.8) is 0 Å². The first-order chi connectivity index (χ1) is 11.5. The van der Waals surface area contributed by atoms with Crippen LogP contribution in [-0.4, -0.2) is 48.0 Å². The zero-order valence-electron chi connectivity index (χ0n) is 14.9. The minimum Gasteiger partial charge on any atom is -0.478 e. The maximum Gasteiger partial charge on any atom is 0.336 e. The number of hydrogen-bond donors (Lipinski definition) is 2. The summed E-state index contributed by atoms with van der Waals surface area (Å²) in [6.07, 6.45) is 0.506. The van der Waals surface area contributed by atoms with E-state index < -0.39 is 27.9 Å². The Labute approximate surface area is 148 Å². The third-order valence-corrected chi connectivity index (χ3v) is 6.34. The molecule has 1 unspecified atom stereocenters. The molecule has 0 aliphatic carbocycles. The van der Waals surface area contributed by atoms with Gasteiger partial charge in [-0.05, 0) is 43.4 Å². The van der Waals surface area contributed by atoms with Crippen molar-refractivity contribution in [1.29, 1.82) is 0 Å². The molecule has 1 atom stereocenters. The smallest absolute Gasteiger partial charge is 0.336 e. The molecule has 1 aromatic rings. The molecule has 1 aliphatic heterocycles. The standard InChI is InChI=1S/C17H24N2O5S/c1-10(2)15(19-6-5-7-25(19,23)24)16(20)18-14-9-13(17(21)22)11(3)8-12(14)4/h8-10,15H,5-7H2,1-4H3,(H,18,20)(H,21,22). The molecule has 1 heterocycles. The van der Waals surface area contributed by atoms with E-state index in [1.807, 2.05) is 0 Å². The molecule has 0 aromatic heterocycles. The number of carboxylic acids is 1. The Kier molecular flexibility index (Phi) is 5.53. The van der Waals surface area contributed by atoms with E-state index in [-0.39, 0.29) is 17.2 Å². The van der Waals surface area contributed by atoms with Crippen molar-refractivity contribution in [3.8, 4) is 0 Å². The Hall–Kier alpha value is -1.93. The highest BCUT2D eigenvalue weighted by Crippen LogP contribution is 2.25. The molecule has 0 spiro atoms. The van der Waals surface area contributed by atoms with E-state index in [1.54, 1.807) is 33.8 Å². The topological polar surface area (TPSA) is 104 Å². The van der Waals surface area contributed by atoms with Crippen LogP contribution in [0.2, 0.25) is 0 Å². The summed E-state index contributed by atoms with van der Waals surface area (Å²) in [5.74, 6) is -1.67. The van der Waals surface area contributed by atoms with Crippen molar-refractivity contribution < 1.29 is 23.1 Å². The first kappa shape index (κ1) is 19.4. The predicted molar refractivity (Wildman–Crippen MR) is 95.2 cm³/mol. The van der Waals surface area contributed by atoms with Crippen LogP contribution in [0.25, 0.3) is 0 Å². The van der Waals surface area contributed by atoms with E-state index in [0.717, 1.165) is 5.56 Å². The van der Waals surface area contributed by atoms with Gasteiger partial charge < -0.3 is 10.4 Å². The Bertz CT molecular complexity index is 802. The average Bonchev–Trinajstić information content (AvgIpc) is 2.81. The average molecular weight is 368 g/mol. The van der Waals surface area contributed by atoms with Gasteiger partial charge in [0.2, 0.25) is 15.9 Å². The number of hydrogen-bond acceptors (Lipinski definition) is 4. The fourth-order valence-corrected chi connectivity index (χ4v) is 4.98. The van der Waals surface area contributed by atoms with Crippen molar-refractivity contribution in [3.05, 3.63) is 28.8 Å². The fourth-order valence-electron chi connectivity index (χ4n) is 3.16. The van der Waals surface area contributed by atoms with Crippen LogP contribution < -0.4 is 5.32 Å². The third kappa shape index (κ3) is 4.01. The van der Waals surface area contributed by atoms with Crippen LogP contribution in [0.5, 0.6) is 0 Å². The van der Waals surface area contributed by atoms with Gasteiger partial charge in [-0.1, -0.05) is 19.9 Å². The Morgan fingerprint density at radius 2 is 1.84 bits per heavy atom. The van der Waals surface area contributed by atoms with Gasteiger partial charge in [-0.25, -0.2) is 13.2 Å². The number of carbonyl (C=O) groups excluding carboxylic acids is 1. The molecule has 1 aliphatic rings. The number of anilines is 1. The summed E-state index contributed by atoms with van der Waals surface area (Å²) in [4.78, 5) is 24.1. The lowest BCUT2D eigenvalue weighted by Gasteiger charge is -2.28. The van der Waals surface area contributed by atoms with E-state index in [9.17, 15) is 23.1 Å². The predicted octanol–water partition coefficient (Wildman–Crippen LogP) is 2.00. The molecule has 25 heavy (non-hydrogen) atoms. The number of sulfonamides is 1. The molecule has 0 saturated carbocycles. The van der Waals surface area contributed by atoms with Gasteiger partial charge in [0, 0.05) is 12.2 Å². The lowest BCUT2D eigenvalue weighted by atomic mass is 10.0. The molecule has 1 amide bonds. The van der Waals surface area contributed by atoms with Crippen molar-refractivity contribution >= 4 is 27.6 Å². The Balaban J connectivity index is 2.34. The highest BCUT2D eigenvalue weighted by molar-refractivity contribution is 7.89. The number of rotatable bonds is 5. The van der Waals surface area contributed by atoms with Gasteiger partial charge in [0.05, 0.1) is 11.3 Å². The van der Waals surface area contributed by atoms with Crippen LogP contribution in [0.3, 0.4) is 0 Å². The largest absolute Gasteiger partial charge is 0.478 e. The summed E-state index contributed by atoms with van der Waals surface area (Å²) in [6.45, 7) is 7.37. The molecule has 0 bridgehead atoms. The molecule has 1 saturated heterocycles. The number of carbonyl (C=O) groups is 2. The van der Waals surface area contributed by atoms with Gasteiger partial charge in [-0.15, -0.1) is 0 Å². The van der Waals surface area contributed by atoms with E-state index in [4.69, 9.17) is 0 Å². The van der Waals surface area contributed by atoms with E-state index in [0.29, 0.717) is 24.2 Å². The maximum absolute atomic E-state index is 12.8. The number of aryl methyl sites for hydroxylation is 2.